The third-order valence-electron chi connectivity index (χ3n) is 3.55. The average molecular weight is 358 g/mol. The fourth-order valence-electron chi connectivity index (χ4n) is 2.16. The van der Waals surface area contributed by atoms with Crippen LogP contribution >= 0.6 is 0 Å². The number of hydrogen-bond acceptors (Lipinski definition) is 4. The molecule has 2 N–H and O–H groups in total. The maximum Gasteiger partial charge on any atom is 0.306 e. The van der Waals surface area contributed by atoms with Gasteiger partial charge in [0.25, 0.3) is 11.8 Å². The van der Waals surface area contributed by atoms with Crippen LogP contribution in [0.25, 0.3) is 0 Å². The number of amides is 2. The normalized spacial score (nSPS) is 10.1. The van der Waals surface area contributed by atoms with Gasteiger partial charge in [0.1, 0.15) is 5.82 Å². The van der Waals surface area contributed by atoms with Crippen LogP contribution in [-0.4, -0.2) is 31.4 Å². The number of nitrogens with one attached hydrogen (secondary N) is 2. The predicted octanol–water partition coefficient (Wildman–Crippen LogP) is 2.30. The predicted molar refractivity (Wildman–Crippen MR) is 94.1 cm³/mol. The summed E-state index contributed by atoms with van der Waals surface area (Å²) in [5, 5.41) is 5.07. The van der Waals surface area contributed by atoms with E-state index in [2.05, 4.69) is 10.6 Å². The van der Waals surface area contributed by atoms with Crippen molar-refractivity contribution in [2.45, 2.75) is 12.8 Å². The van der Waals surface area contributed by atoms with Gasteiger partial charge in [0.05, 0.1) is 0 Å². The Kier molecular flexibility index (Phi) is 6.84. The van der Waals surface area contributed by atoms with Crippen LogP contribution in [-0.2, 0) is 20.7 Å². The van der Waals surface area contributed by atoms with Gasteiger partial charge >= 0.3 is 5.97 Å². The summed E-state index contributed by atoms with van der Waals surface area (Å²) in [4.78, 5) is 34.9. The number of ether oxygens (including phenoxy) is 1. The molecule has 2 aromatic rings. The quantitative estimate of drug-likeness (QED) is 0.744. The van der Waals surface area contributed by atoms with E-state index in [0.29, 0.717) is 17.7 Å². The van der Waals surface area contributed by atoms with Crippen LogP contribution in [0, 0.1) is 5.82 Å². The zero-order valence-electron chi connectivity index (χ0n) is 14.3. The van der Waals surface area contributed by atoms with E-state index in [4.69, 9.17) is 4.74 Å². The van der Waals surface area contributed by atoms with Crippen molar-refractivity contribution in [3.8, 4) is 0 Å². The maximum absolute atomic E-state index is 12.8. The van der Waals surface area contributed by atoms with E-state index < -0.39 is 18.5 Å². The van der Waals surface area contributed by atoms with Gasteiger partial charge in [-0.05, 0) is 48.4 Å². The highest BCUT2D eigenvalue weighted by Gasteiger charge is 2.09. The van der Waals surface area contributed by atoms with Crippen molar-refractivity contribution in [1.82, 2.24) is 5.32 Å². The summed E-state index contributed by atoms with van der Waals surface area (Å²) in [5.74, 6) is -1.55. The molecule has 2 rings (SSSR count). The van der Waals surface area contributed by atoms with Crippen molar-refractivity contribution < 1.29 is 23.5 Å². The lowest BCUT2D eigenvalue weighted by atomic mass is 10.1. The largest absolute Gasteiger partial charge is 0.456 e. The first-order valence-corrected chi connectivity index (χ1v) is 8.00. The van der Waals surface area contributed by atoms with Crippen LogP contribution in [0.3, 0.4) is 0 Å². The molecule has 0 saturated heterocycles. The Bertz CT molecular complexity index is 773. The molecular weight excluding hydrogens is 339 g/mol. The molecule has 0 aliphatic carbocycles. The summed E-state index contributed by atoms with van der Waals surface area (Å²) in [6.07, 6.45) is 0.501. The second-order valence-electron chi connectivity index (χ2n) is 5.49. The molecule has 26 heavy (non-hydrogen) atoms. The summed E-state index contributed by atoms with van der Waals surface area (Å²) in [7, 11) is 1.53. The molecule has 2 amide bonds. The van der Waals surface area contributed by atoms with E-state index >= 15 is 0 Å². The molecular formula is C19H19FN2O4. The van der Waals surface area contributed by atoms with Gasteiger partial charge < -0.3 is 15.4 Å². The Labute approximate surface area is 150 Å². The molecule has 2 aromatic carbocycles. The Morgan fingerprint density at radius 1 is 1.00 bits per heavy atom. The van der Waals surface area contributed by atoms with Crippen LogP contribution in [0.15, 0.2) is 48.5 Å². The number of rotatable bonds is 7. The molecule has 0 aromatic heterocycles. The molecule has 7 heteroatoms. The smallest absolute Gasteiger partial charge is 0.306 e. The Morgan fingerprint density at radius 3 is 2.27 bits per heavy atom. The Balaban J connectivity index is 1.73. The van der Waals surface area contributed by atoms with Gasteiger partial charge in [-0.25, -0.2) is 4.39 Å². The van der Waals surface area contributed by atoms with Crippen LogP contribution in [0.2, 0.25) is 0 Å². The molecule has 0 aliphatic rings. The zero-order chi connectivity index (χ0) is 18.9. The van der Waals surface area contributed by atoms with Gasteiger partial charge in [0.15, 0.2) is 6.61 Å². The van der Waals surface area contributed by atoms with Gasteiger partial charge in [-0.1, -0.05) is 12.1 Å². The van der Waals surface area contributed by atoms with E-state index in [9.17, 15) is 18.8 Å². The first-order chi connectivity index (χ1) is 12.5. The molecule has 0 unspecified atom stereocenters. The molecule has 0 spiro atoms. The molecule has 0 saturated carbocycles. The summed E-state index contributed by atoms with van der Waals surface area (Å²) in [6, 6.07) is 12.1. The average Bonchev–Trinajstić information content (AvgIpc) is 2.66. The number of halogens is 1. The lowest BCUT2D eigenvalue weighted by molar-refractivity contribution is -0.147. The number of carbonyl (C=O) groups is 3. The van der Waals surface area contributed by atoms with Crippen molar-refractivity contribution in [3.05, 3.63) is 65.5 Å². The first kappa shape index (κ1) is 19.1. The first-order valence-electron chi connectivity index (χ1n) is 8.00. The van der Waals surface area contributed by atoms with Crippen molar-refractivity contribution in [3.63, 3.8) is 0 Å². The third-order valence-corrected chi connectivity index (χ3v) is 3.55. The van der Waals surface area contributed by atoms with Crippen molar-refractivity contribution in [2.75, 3.05) is 19.0 Å². The molecule has 0 heterocycles. The van der Waals surface area contributed by atoms with E-state index in [0.717, 1.165) is 5.56 Å². The molecule has 0 aliphatic heterocycles. The number of esters is 1. The van der Waals surface area contributed by atoms with E-state index in [1.807, 2.05) is 0 Å². The van der Waals surface area contributed by atoms with Crippen molar-refractivity contribution >= 4 is 23.5 Å². The number of aryl methyl sites for hydroxylation is 1. The number of hydrogen-bond donors (Lipinski definition) is 2. The SMILES string of the molecule is CNC(=O)c1ccc(NC(=O)COC(=O)CCc2ccc(F)cc2)cc1. The highest BCUT2D eigenvalue weighted by atomic mass is 19.1. The topological polar surface area (TPSA) is 84.5 Å². The summed E-state index contributed by atoms with van der Waals surface area (Å²) in [6.45, 7) is -0.403. The second-order valence-corrected chi connectivity index (χ2v) is 5.49. The minimum absolute atomic E-state index is 0.0970. The second kappa shape index (κ2) is 9.31. The molecule has 0 fully saturated rings. The Hall–Kier alpha value is -3.22. The third kappa shape index (κ3) is 6.01. The van der Waals surface area contributed by atoms with E-state index in [1.54, 1.807) is 36.4 Å². The molecule has 0 bridgehead atoms. The number of benzene rings is 2. The van der Waals surface area contributed by atoms with Crippen LogP contribution < -0.4 is 10.6 Å². The Morgan fingerprint density at radius 2 is 1.65 bits per heavy atom. The highest BCUT2D eigenvalue weighted by Crippen LogP contribution is 2.10. The highest BCUT2D eigenvalue weighted by molar-refractivity contribution is 5.96. The molecule has 0 atom stereocenters. The number of carbonyl (C=O) groups excluding carboxylic acids is 3. The minimum atomic E-state index is -0.514. The van der Waals surface area contributed by atoms with Gasteiger partial charge in [-0.15, -0.1) is 0 Å². The molecule has 136 valence electrons. The minimum Gasteiger partial charge on any atom is -0.456 e. The molecule has 0 radical (unpaired) electrons. The maximum atomic E-state index is 12.8. The summed E-state index contributed by atoms with van der Waals surface area (Å²) in [5.41, 5.74) is 1.77. The fraction of sp³-hybridized carbons (Fsp3) is 0.211. The van der Waals surface area contributed by atoms with Gasteiger partial charge in [-0.2, -0.15) is 0 Å². The number of anilines is 1. The fourth-order valence-corrected chi connectivity index (χ4v) is 2.16. The van der Waals surface area contributed by atoms with E-state index in [-0.39, 0.29) is 18.1 Å². The summed E-state index contributed by atoms with van der Waals surface area (Å²) >= 11 is 0. The van der Waals surface area contributed by atoms with Crippen molar-refractivity contribution in [1.29, 1.82) is 0 Å². The van der Waals surface area contributed by atoms with Crippen LogP contribution in [0.4, 0.5) is 10.1 Å². The van der Waals surface area contributed by atoms with Crippen LogP contribution in [0.1, 0.15) is 22.3 Å². The van der Waals surface area contributed by atoms with Crippen LogP contribution in [0.5, 0.6) is 0 Å². The monoisotopic (exact) mass is 358 g/mol. The summed E-state index contributed by atoms with van der Waals surface area (Å²) < 4.78 is 17.7. The lowest BCUT2D eigenvalue weighted by Gasteiger charge is -2.07. The van der Waals surface area contributed by atoms with Gasteiger partial charge in [0, 0.05) is 24.7 Å². The van der Waals surface area contributed by atoms with E-state index in [1.165, 1.54) is 19.2 Å². The zero-order valence-corrected chi connectivity index (χ0v) is 14.3. The standard InChI is InChI=1S/C19H19FN2O4/c1-21-19(25)14-5-9-16(10-6-14)22-17(23)12-26-18(24)11-4-13-2-7-15(20)8-3-13/h2-3,5-10H,4,11-12H2,1H3,(H,21,25)(H,22,23). The van der Waals surface area contributed by atoms with Gasteiger partial charge in [-0.3, -0.25) is 14.4 Å². The molecule has 6 nitrogen and oxygen atoms in total. The van der Waals surface area contributed by atoms with Crippen molar-refractivity contribution in [2.24, 2.45) is 0 Å². The van der Waals surface area contributed by atoms with Gasteiger partial charge in [0.2, 0.25) is 0 Å². The lowest BCUT2D eigenvalue weighted by Crippen LogP contribution is -2.21.